The summed E-state index contributed by atoms with van der Waals surface area (Å²) in [7, 11) is 1.32. The first-order valence-electron chi connectivity index (χ1n) is 6.37. The van der Waals surface area contributed by atoms with E-state index in [1.807, 2.05) is 0 Å². The second-order valence-corrected chi connectivity index (χ2v) is 4.55. The van der Waals surface area contributed by atoms with Crippen LogP contribution >= 0.6 is 0 Å². The topological polar surface area (TPSA) is 81.4 Å². The predicted molar refractivity (Wildman–Crippen MR) is 81.3 cm³/mol. The molecule has 0 aliphatic heterocycles. The Labute approximate surface area is 122 Å². The quantitative estimate of drug-likeness (QED) is 0.670. The fraction of sp³-hybridized carbons (Fsp3) is 0.125. The van der Waals surface area contributed by atoms with Gasteiger partial charge in [-0.1, -0.05) is 6.07 Å². The number of carbonyl (C=O) groups excluding carboxylic acids is 2. The van der Waals surface area contributed by atoms with Gasteiger partial charge in [-0.05, 0) is 48.9 Å². The van der Waals surface area contributed by atoms with E-state index in [0.717, 1.165) is 0 Å². The van der Waals surface area contributed by atoms with E-state index in [1.54, 1.807) is 49.4 Å². The maximum absolute atomic E-state index is 12.2. The highest BCUT2D eigenvalue weighted by Gasteiger charge is 2.14. The molecule has 108 valence electrons. The summed E-state index contributed by atoms with van der Waals surface area (Å²) < 4.78 is 4.71. The molecular formula is C16H16N2O3. The zero-order valence-electron chi connectivity index (χ0n) is 11.8. The average Bonchev–Trinajstić information content (AvgIpc) is 2.49. The van der Waals surface area contributed by atoms with Gasteiger partial charge in [0.05, 0.1) is 12.7 Å². The van der Waals surface area contributed by atoms with Crippen molar-refractivity contribution in [3.8, 4) is 0 Å². The molecule has 5 nitrogen and oxygen atoms in total. The first-order valence-corrected chi connectivity index (χ1v) is 6.37. The summed E-state index contributed by atoms with van der Waals surface area (Å²) in [4.78, 5) is 23.8. The monoisotopic (exact) mass is 284 g/mol. The molecule has 0 atom stereocenters. The Kier molecular flexibility index (Phi) is 4.23. The number of ether oxygens (including phenoxy) is 1. The highest BCUT2D eigenvalue weighted by molar-refractivity contribution is 6.05. The Balaban J connectivity index is 2.25. The number of nitrogen functional groups attached to an aromatic ring is 1. The van der Waals surface area contributed by atoms with Crippen LogP contribution in [0.4, 0.5) is 11.4 Å². The molecule has 0 aliphatic rings. The second kappa shape index (κ2) is 6.09. The van der Waals surface area contributed by atoms with Crippen LogP contribution in [0.5, 0.6) is 0 Å². The van der Waals surface area contributed by atoms with E-state index >= 15 is 0 Å². The summed E-state index contributed by atoms with van der Waals surface area (Å²) in [6.07, 6.45) is 0. The fourth-order valence-electron chi connectivity index (χ4n) is 1.93. The predicted octanol–water partition coefficient (Wildman–Crippen LogP) is 2.62. The van der Waals surface area contributed by atoms with Gasteiger partial charge >= 0.3 is 5.97 Å². The lowest BCUT2D eigenvalue weighted by Gasteiger charge is -2.11. The molecule has 0 saturated heterocycles. The van der Waals surface area contributed by atoms with Crippen molar-refractivity contribution in [2.24, 2.45) is 0 Å². The maximum atomic E-state index is 12.2. The normalized spacial score (nSPS) is 10.0. The average molecular weight is 284 g/mol. The number of rotatable bonds is 3. The van der Waals surface area contributed by atoms with Gasteiger partial charge in [0, 0.05) is 16.9 Å². The Morgan fingerprint density at radius 3 is 2.38 bits per heavy atom. The number of amides is 1. The number of nitrogens with one attached hydrogen (secondary N) is 1. The van der Waals surface area contributed by atoms with Gasteiger partial charge in [-0.15, -0.1) is 0 Å². The van der Waals surface area contributed by atoms with Crippen molar-refractivity contribution < 1.29 is 14.3 Å². The van der Waals surface area contributed by atoms with Gasteiger partial charge < -0.3 is 15.8 Å². The van der Waals surface area contributed by atoms with Crippen molar-refractivity contribution in [1.29, 1.82) is 0 Å². The lowest BCUT2D eigenvalue weighted by molar-refractivity contribution is 0.0599. The largest absolute Gasteiger partial charge is 0.465 e. The highest BCUT2D eigenvalue weighted by Crippen LogP contribution is 2.20. The standard InChI is InChI=1S/C16H16N2O3/c1-10-13(16(20)21-2)4-3-5-14(10)18-15(19)11-6-8-12(17)9-7-11/h3-9H,17H2,1-2H3,(H,18,19). The molecule has 0 unspecified atom stereocenters. The number of esters is 1. The summed E-state index contributed by atoms with van der Waals surface area (Å²) in [6, 6.07) is 11.7. The van der Waals surface area contributed by atoms with E-state index in [4.69, 9.17) is 10.5 Å². The van der Waals surface area contributed by atoms with Gasteiger partial charge in [0.2, 0.25) is 0 Å². The van der Waals surface area contributed by atoms with Crippen LogP contribution in [0.1, 0.15) is 26.3 Å². The number of nitrogens with two attached hydrogens (primary N) is 1. The Hall–Kier alpha value is -2.82. The molecule has 2 rings (SSSR count). The molecule has 0 heterocycles. The number of methoxy groups -OCH3 is 1. The third-order valence-electron chi connectivity index (χ3n) is 3.16. The van der Waals surface area contributed by atoms with Gasteiger partial charge in [-0.2, -0.15) is 0 Å². The van der Waals surface area contributed by atoms with Crippen LogP contribution in [0.2, 0.25) is 0 Å². The molecule has 21 heavy (non-hydrogen) atoms. The van der Waals surface area contributed by atoms with Gasteiger partial charge in [-0.25, -0.2) is 4.79 Å². The van der Waals surface area contributed by atoms with Crippen LogP contribution in [0, 0.1) is 6.92 Å². The molecule has 3 N–H and O–H groups in total. The number of hydrogen-bond donors (Lipinski definition) is 2. The number of benzene rings is 2. The third-order valence-corrected chi connectivity index (χ3v) is 3.16. The summed E-state index contributed by atoms with van der Waals surface area (Å²) in [5.41, 5.74) is 8.33. The van der Waals surface area contributed by atoms with E-state index < -0.39 is 5.97 Å². The van der Waals surface area contributed by atoms with Crippen molar-refractivity contribution in [1.82, 2.24) is 0 Å². The van der Waals surface area contributed by atoms with Crippen LogP contribution in [0.3, 0.4) is 0 Å². The summed E-state index contributed by atoms with van der Waals surface area (Å²) in [5.74, 6) is -0.698. The molecule has 0 fully saturated rings. The van der Waals surface area contributed by atoms with Crippen molar-refractivity contribution in [2.45, 2.75) is 6.92 Å². The summed E-state index contributed by atoms with van der Waals surface area (Å²) >= 11 is 0. The molecule has 0 aromatic heterocycles. The van der Waals surface area contributed by atoms with Crippen molar-refractivity contribution >= 4 is 23.3 Å². The molecule has 0 saturated carbocycles. The Bertz CT molecular complexity index is 678. The van der Waals surface area contributed by atoms with Crippen LogP contribution in [-0.2, 0) is 4.74 Å². The summed E-state index contributed by atoms with van der Waals surface area (Å²) in [5, 5.41) is 2.78. The first-order chi connectivity index (χ1) is 10.0. The zero-order chi connectivity index (χ0) is 15.4. The molecule has 0 spiro atoms. The van der Waals surface area contributed by atoms with E-state index in [2.05, 4.69) is 5.32 Å². The molecule has 0 bridgehead atoms. The first kappa shape index (κ1) is 14.6. The van der Waals surface area contributed by atoms with Crippen LogP contribution < -0.4 is 11.1 Å². The van der Waals surface area contributed by atoms with E-state index in [1.165, 1.54) is 7.11 Å². The van der Waals surface area contributed by atoms with Gasteiger partial charge in [-0.3, -0.25) is 4.79 Å². The molecular weight excluding hydrogens is 268 g/mol. The second-order valence-electron chi connectivity index (χ2n) is 4.55. The van der Waals surface area contributed by atoms with E-state index in [9.17, 15) is 9.59 Å². The van der Waals surface area contributed by atoms with Crippen LogP contribution in [0.15, 0.2) is 42.5 Å². The third kappa shape index (κ3) is 3.20. The molecule has 5 heteroatoms. The maximum Gasteiger partial charge on any atom is 0.338 e. The zero-order valence-corrected chi connectivity index (χ0v) is 11.8. The SMILES string of the molecule is COC(=O)c1cccc(NC(=O)c2ccc(N)cc2)c1C. The van der Waals surface area contributed by atoms with Gasteiger partial charge in [0.1, 0.15) is 0 Å². The summed E-state index contributed by atoms with van der Waals surface area (Å²) in [6.45, 7) is 1.75. The molecule has 0 radical (unpaired) electrons. The van der Waals surface area contributed by atoms with Gasteiger partial charge in [0.15, 0.2) is 0 Å². The number of anilines is 2. The minimum absolute atomic E-state index is 0.264. The van der Waals surface area contributed by atoms with Crippen molar-refractivity contribution in [2.75, 3.05) is 18.2 Å². The minimum atomic E-state index is -0.434. The van der Waals surface area contributed by atoms with Crippen LogP contribution in [0.25, 0.3) is 0 Å². The molecule has 2 aromatic carbocycles. The molecule has 2 aromatic rings. The fourth-order valence-corrected chi connectivity index (χ4v) is 1.93. The Morgan fingerprint density at radius 1 is 1.10 bits per heavy atom. The van der Waals surface area contributed by atoms with E-state index in [-0.39, 0.29) is 5.91 Å². The minimum Gasteiger partial charge on any atom is -0.465 e. The molecule has 1 amide bonds. The lowest BCUT2D eigenvalue weighted by atomic mass is 10.1. The van der Waals surface area contributed by atoms with E-state index in [0.29, 0.717) is 28.1 Å². The molecule has 0 aliphatic carbocycles. The number of hydrogen-bond acceptors (Lipinski definition) is 4. The number of carbonyl (C=O) groups is 2. The highest BCUT2D eigenvalue weighted by atomic mass is 16.5. The van der Waals surface area contributed by atoms with Crippen LogP contribution in [-0.4, -0.2) is 19.0 Å². The van der Waals surface area contributed by atoms with Gasteiger partial charge in [0.25, 0.3) is 5.91 Å². The van der Waals surface area contributed by atoms with Crippen molar-refractivity contribution in [3.63, 3.8) is 0 Å². The van der Waals surface area contributed by atoms with Crippen molar-refractivity contribution in [3.05, 3.63) is 59.2 Å². The lowest BCUT2D eigenvalue weighted by Crippen LogP contribution is -2.14. The smallest absolute Gasteiger partial charge is 0.338 e. The Morgan fingerprint density at radius 2 is 1.76 bits per heavy atom.